The molecule has 2 aromatic heterocycles. The van der Waals surface area contributed by atoms with Crippen LogP contribution in [0.1, 0.15) is 21.4 Å². The Morgan fingerprint density at radius 3 is 2.67 bits per heavy atom. The number of hydrogen-bond acceptors (Lipinski definition) is 3. The van der Waals surface area contributed by atoms with Crippen LogP contribution in [0.25, 0.3) is 0 Å². The zero-order chi connectivity index (χ0) is 10.8. The number of halogens is 1. The van der Waals surface area contributed by atoms with E-state index in [0.29, 0.717) is 5.15 Å². The molecule has 1 unspecified atom stereocenters. The number of aliphatic hydroxyl groups is 1. The Kier molecular flexibility index (Phi) is 3.05. The maximum atomic E-state index is 10.0. The van der Waals surface area contributed by atoms with Crippen LogP contribution in [0.3, 0.4) is 0 Å². The first-order valence-corrected chi connectivity index (χ1v) is 5.72. The number of aliphatic hydroxyl groups excluding tert-OH is 1. The molecule has 0 spiro atoms. The van der Waals surface area contributed by atoms with Crippen LogP contribution in [-0.4, -0.2) is 10.1 Å². The highest BCUT2D eigenvalue weighted by Crippen LogP contribution is 2.27. The van der Waals surface area contributed by atoms with Gasteiger partial charge in [-0.2, -0.15) is 0 Å². The Hall–Kier alpha value is -0.900. The van der Waals surface area contributed by atoms with Gasteiger partial charge in [-0.05, 0) is 25.1 Å². The molecule has 0 saturated carbocycles. The van der Waals surface area contributed by atoms with E-state index in [1.807, 2.05) is 19.1 Å². The molecule has 2 aromatic rings. The van der Waals surface area contributed by atoms with Gasteiger partial charge in [0, 0.05) is 21.5 Å². The Labute approximate surface area is 97.2 Å². The van der Waals surface area contributed by atoms with Crippen molar-refractivity contribution in [3.05, 3.63) is 50.9 Å². The maximum absolute atomic E-state index is 10.0. The Balaban J connectivity index is 2.28. The van der Waals surface area contributed by atoms with Crippen molar-refractivity contribution < 1.29 is 5.11 Å². The van der Waals surface area contributed by atoms with Crippen molar-refractivity contribution in [2.24, 2.45) is 0 Å². The molecule has 0 saturated heterocycles. The van der Waals surface area contributed by atoms with Crippen LogP contribution in [0.4, 0.5) is 0 Å². The fraction of sp³-hybridized carbons (Fsp3) is 0.182. The second-order valence-corrected chi connectivity index (χ2v) is 4.97. The highest BCUT2D eigenvalue weighted by atomic mass is 35.5. The minimum atomic E-state index is -0.603. The highest BCUT2D eigenvalue weighted by Gasteiger charge is 2.12. The van der Waals surface area contributed by atoms with Gasteiger partial charge in [0.15, 0.2) is 0 Å². The van der Waals surface area contributed by atoms with E-state index >= 15 is 0 Å². The quantitative estimate of drug-likeness (QED) is 0.817. The molecule has 2 rings (SSSR count). The summed E-state index contributed by atoms with van der Waals surface area (Å²) in [5.41, 5.74) is 0.765. The summed E-state index contributed by atoms with van der Waals surface area (Å²) in [5.74, 6) is 0. The molecule has 0 amide bonds. The monoisotopic (exact) mass is 239 g/mol. The van der Waals surface area contributed by atoms with Gasteiger partial charge in [-0.25, -0.2) is 4.98 Å². The summed E-state index contributed by atoms with van der Waals surface area (Å²) in [7, 11) is 0. The van der Waals surface area contributed by atoms with Gasteiger partial charge in [-0.1, -0.05) is 17.7 Å². The molecule has 2 heterocycles. The van der Waals surface area contributed by atoms with Crippen molar-refractivity contribution in [2.75, 3.05) is 0 Å². The van der Waals surface area contributed by atoms with Crippen LogP contribution in [0.15, 0.2) is 30.5 Å². The summed E-state index contributed by atoms with van der Waals surface area (Å²) in [4.78, 5) is 6.06. The Morgan fingerprint density at radius 2 is 2.13 bits per heavy atom. The van der Waals surface area contributed by atoms with Gasteiger partial charge in [0.2, 0.25) is 0 Å². The molecular weight excluding hydrogens is 230 g/mol. The minimum Gasteiger partial charge on any atom is -0.383 e. The van der Waals surface area contributed by atoms with E-state index in [4.69, 9.17) is 11.6 Å². The van der Waals surface area contributed by atoms with E-state index in [2.05, 4.69) is 4.98 Å². The lowest BCUT2D eigenvalue weighted by Gasteiger charge is -2.07. The zero-order valence-electron chi connectivity index (χ0n) is 8.14. The third kappa shape index (κ3) is 2.37. The lowest BCUT2D eigenvalue weighted by Crippen LogP contribution is -1.97. The third-order valence-corrected chi connectivity index (χ3v) is 3.37. The number of hydrogen-bond donors (Lipinski definition) is 1. The largest absolute Gasteiger partial charge is 0.383 e. The van der Waals surface area contributed by atoms with Crippen molar-refractivity contribution in [1.29, 1.82) is 0 Å². The molecule has 2 nitrogen and oxygen atoms in total. The van der Waals surface area contributed by atoms with Gasteiger partial charge in [0.25, 0.3) is 0 Å². The van der Waals surface area contributed by atoms with E-state index in [0.717, 1.165) is 10.4 Å². The van der Waals surface area contributed by atoms with E-state index < -0.39 is 6.10 Å². The summed E-state index contributed by atoms with van der Waals surface area (Å²) in [6, 6.07) is 7.39. The molecular formula is C11H10ClNOS. The second kappa shape index (κ2) is 4.31. The summed E-state index contributed by atoms with van der Waals surface area (Å²) in [6.45, 7) is 2.01. The number of rotatable bonds is 2. The zero-order valence-corrected chi connectivity index (χ0v) is 9.72. The number of nitrogens with zero attached hydrogens (tertiary/aromatic N) is 1. The lowest BCUT2D eigenvalue weighted by atomic mass is 10.1. The number of thiophene rings is 1. The summed E-state index contributed by atoms with van der Waals surface area (Å²) in [5, 5.41) is 10.5. The van der Waals surface area contributed by atoms with E-state index in [1.54, 1.807) is 29.7 Å². The minimum absolute atomic E-state index is 0.438. The molecule has 15 heavy (non-hydrogen) atoms. The van der Waals surface area contributed by atoms with Crippen LogP contribution >= 0.6 is 22.9 Å². The Bertz CT molecular complexity index is 452. The van der Waals surface area contributed by atoms with Crippen molar-refractivity contribution >= 4 is 22.9 Å². The van der Waals surface area contributed by atoms with E-state index in [-0.39, 0.29) is 0 Å². The fourth-order valence-corrected chi connectivity index (χ4v) is 2.32. The van der Waals surface area contributed by atoms with Crippen molar-refractivity contribution in [3.63, 3.8) is 0 Å². The number of aryl methyl sites for hydroxylation is 1. The van der Waals surface area contributed by atoms with Crippen LogP contribution in [0.5, 0.6) is 0 Å². The summed E-state index contributed by atoms with van der Waals surface area (Å²) < 4.78 is 0. The van der Waals surface area contributed by atoms with Crippen LogP contribution in [0, 0.1) is 6.92 Å². The van der Waals surface area contributed by atoms with E-state index in [9.17, 15) is 5.11 Å². The Morgan fingerprint density at radius 1 is 1.33 bits per heavy atom. The molecule has 0 aliphatic carbocycles. The molecule has 78 valence electrons. The van der Waals surface area contributed by atoms with Gasteiger partial charge in [-0.3, -0.25) is 0 Å². The van der Waals surface area contributed by atoms with Crippen LogP contribution in [0.2, 0.25) is 5.15 Å². The molecule has 4 heteroatoms. The lowest BCUT2D eigenvalue weighted by molar-refractivity contribution is 0.224. The second-order valence-electron chi connectivity index (χ2n) is 3.27. The molecule has 1 N–H and O–H groups in total. The van der Waals surface area contributed by atoms with Gasteiger partial charge in [0.1, 0.15) is 11.3 Å². The summed E-state index contributed by atoms with van der Waals surface area (Å²) >= 11 is 7.26. The highest BCUT2D eigenvalue weighted by molar-refractivity contribution is 7.12. The van der Waals surface area contributed by atoms with Gasteiger partial charge < -0.3 is 5.11 Å². The number of pyridine rings is 1. The first-order chi connectivity index (χ1) is 7.16. The van der Waals surface area contributed by atoms with Gasteiger partial charge in [-0.15, -0.1) is 11.3 Å². The fourth-order valence-electron chi connectivity index (χ4n) is 1.31. The average Bonchev–Trinajstić information content (AvgIpc) is 2.65. The van der Waals surface area contributed by atoms with Crippen molar-refractivity contribution in [3.8, 4) is 0 Å². The normalized spacial score (nSPS) is 12.7. The predicted molar refractivity (Wildman–Crippen MR) is 62.4 cm³/mol. The molecule has 0 fully saturated rings. The molecule has 0 aromatic carbocycles. The van der Waals surface area contributed by atoms with Crippen LogP contribution in [-0.2, 0) is 0 Å². The number of aromatic nitrogens is 1. The average molecular weight is 240 g/mol. The van der Waals surface area contributed by atoms with Crippen molar-refractivity contribution in [1.82, 2.24) is 4.98 Å². The van der Waals surface area contributed by atoms with E-state index in [1.165, 1.54) is 4.88 Å². The SMILES string of the molecule is Cc1ccc(C(O)c2ccc(Cl)nc2)s1. The molecule has 0 aliphatic rings. The molecule has 0 aliphatic heterocycles. The van der Waals surface area contributed by atoms with Gasteiger partial charge >= 0.3 is 0 Å². The smallest absolute Gasteiger partial charge is 0.129 e. The molecule has 1 atom stereocenters. The van der Waals surface area contributed by atoms with Gasteiger partial charge in [0.05, 0.1) is 0 Å². The standard InChI is InChI=1S/C11H10ClNOS/c1-7-2-4-9(15-7)11(14)8-3-5-10(12)13-6-8/h2-6,11,14H,1H3. The topological polar surface area (TPSA) is 33.1 Å². The predicted octanol–water partition coefficient (Wildman–Crippen LogP) is 3.19. The van der Waals surface area contributed by atoms with Crippen LogP contribution < -0.4 is 0 Å². The maximum Gasteiger partial charge on any atom is 0.129 e. The first kappa shape index (κ1) is 10.6. The summed E-state index contributed by atoms with van der Waals surface area (Å²) in [6.07, 6.45) is 0.996. The van der Waals surface area contributed by atoms with Crippen molar-refractivity contribution in [2.45, 2.75) is 13.0 Å². The molecule has 0 bridgehead atoms. The molecule has 0 radical (unpaired) electrons. The first-order valence-electron chi connectivity index (χ1n) is 4.52. The third-order valence-electron chi connectivity index (χ3n) is 2.10.